The number of hydrogen-bond donors (Lipinski definition) is 0. The summed E-state index contributed by atoms with van der Waals surface area (Å²) >= 11 is 6.12. The van der Waals surface area contributed by atoms with Gasteiger partial charge in [0, 0.05) is 17.5 Å². The van der Waals surface area contributed by atoms with Crippen LogP contribution in [0.5, 0.6) is 0 Å². The van der Waals surface area contributed by atoms with Gasteiger partial charge in [0.1, 0.15) is 11.0 Å². The number of aromatic nitrogens is 2. The zero-order chi connectivity index (χ0) is 11.8. The van der Waals surface area contributed by atoms with Crippen molar-refractivity contribution in [2.24, 2.45) is 5.92 Å². The van der Waals surface area contributed by atoms with Gasteiger partial charge in [-0.15, -0.1) is 0 Å². The van der Waals surface area contributed by atoms with E-state index in [1.807, 2.05) is 6.07 Å². The minimum atomic E-state index is 0.544. The van der Waals surface area contributed by atoms with E-state index in [9.17, 15) is 0 Å². The van der Waals surface area contributed by atoms with Gasteiger partial charge in [0.25, 0.3) is 0 Å². The molecule has 1 aromatic heterocycles. The Morgan fingerprint density at radius 1 is 1.00 bits per heavy atom. The Morgan fingerprint density at radius 3 is 2.29 bits per heavy atom. The molecule has 0 spiro atoms. The second-order valence-electron chi connectivity index (χ2n) is 5.70. The van der Waals surface area contributed by atoms with Crippen molar-refractivity contribution in [3.8, 4) is 0 Å². The highest BCUT2D eigenvalue weighted by Gasteiger charge is 2.28. The molecule has 0 bridgehead atoms. The molecule has 0 aromatic carbocycles. The van der Waals surface area contributed by atoms with Crippen LogP contribution < -0.4 is 0 Å². The summed E-state index contributed by atoms with van der Waals surface area (Å²) in [6, 6.07) is 1.95. The van der Waals surface area contributed by atoms with Crippen molar-refractivity contribution in [1.29, 1.82) is 0 Å². The molecule has 2 aliphatic carbocycles. The van der Waals surface area contributed by atoms with Gasteiger partial charge in [0.15, 0.2) is 0 Å². The molecule has 0 radical (unpaired) electrons. The summed E-state index contributed by atoms with van der Waals surface area (Å²) in [6.45, 7) is 2.34. The van der Waals surface area contributed by atoms with Crippen LogP contribution >= 0.6 is 11.6 Å². The third-order valence-electron chi connectivity index (χ3n) is 4.11. The van der Waals surface area contributed by atoms with Crippen LogP contribution in [-0.4, -0.2) is 9.97 Å². The Labute approximate surface area is 108 Å². The minimum Gasteiger partial charge on any atom is -0.237 e. The highest BCUT2D eigenvalue weighted by atomic mass is 35.5. The van der Waals surface area contributed by atoms with E-state index in [1.54, 1.807) is 0 Å². The predicted molar refractivity (Wildman–Crippen MR) is 69.4 cm³/mol. The van der Waals surface area contributed by atoms with Gasteiger partial charge in [-0.3, -0.25) is 0 Å². The van der Waals surface area contributed by atoms with E-state index in [1.165, 1.54) is 44.2 Å². The average molecular weight is 251 g/mol. The molecular formula is C14H19ClN2. The van der Waals surface area contributed by atoms with Crippen LogP contribution in [0.1, 0.15) is 68.8 Å². The second-order valence-corrected chi connectivity index (χ2v) is 6.09. The lowest BCUT2D eigenvalue weighted by atomic mass is 9.82. The molecule has 92 valence electrons. The fraction of sp³-hybridized carbons (Fsp3) is 0.714. The molecule has 2 saturated carbocycles. The Balaban J connectivity index is 1.81. The topological polar surface area (TPSA) is 25.8 Å². The van der Waals surface area contributed by atoms with Gasteiger partial charge in [0.2, 0.25) is 0 Å². The Bertz CT molecular complexity index is 407. The van der Waals surface area contributed by atoms with Gasteiger partial charge in [-0.25, -0.2) is 9.97 Å². The first-order valence-corrected chi connectivity index (χ1v) is 7.14. The Morgan fingerprint density at radius 2 is 1.65 bits per heavy atom. The van der Waals surface area contributed by atoms with Gasteiger partial charge < -0.3 is 0 Å². The highest BCUT2D eigenvalue weighted by molar-refractivity contribution is 6.29. The SMILES string of the molecule is CC1CCC(c2nc(Cl)cc(C3CC3)n2)CC1. The third-order valence-corrected chi connectivity index (χ3v) is 4.30. The van der Waals surface area contributed by atoms with Crippen molar-refractivity contribution < 1.29 is 0 Å². The second kappa shape index (κ2) is 4.56. The molecule has 0 N–H and O–H groups in total. The van der Waals surface area contributed by atoms with Gasteiger partial charge in [0.05, 0.1) is 0 Å². The van der Waals surface area contributed by atoms with Gasteiger partial charge in [-0.1, -0.05) is 31.4 Å². The van der Waals surface area contributed by atoms with E-state index in [0.717, 1.165) is 11.7 Å². The predicted octanol–water partition coefficient (Wildman–Crippen LogP) is 4.30. The number of halogens is 1. The first-order valence-electron chi connectivity index (χ1n) is 6.76. The first-order chi connectivity index (χ1) is 8.22. The molecule has 1 aromatic rings. The zero-order valence-electron chi connectivity index (χ0n) is 10.3. The molecule has 0 aliphatic heterocycles. The lowest BCUT2D eigenvalue weighted by Crippen LogP contribution is -2.14. The first kappa shape index (κ1) is 11.5. The van der Waals surface area contributed by atoms with Gasteiger partial charge in [-0.2, -0.15) is 0 Å². The van der Waals surface area contributed by atoms with Crippen LogP contribution in [0, 0.1) is 5.92 Å². The van der Waals surface area contributed by atoms with Crippen LogP contribution in [0.2, 0.25) is 5.15 Å². The van der Waals surface area contributed by atoms with E-state index in [-0.39, 0.29) is 0 Å². The van der Waals surface area contributed by atoms with E-state index < -0.39 is 0 Å². The van der Waals surface area contributed by atoms with E-state index in [2.05, 4.69) is 11.9 Å². The normalized spacial score (nSPS) is 29.3. The maximum Gasteiger partial charge on any atom is 0.133 e. The largest absolute Gasteiger partial charge is 0.237 e. The molecular weight excluding hydrogens is 232 g/mol. The van der Waals surface area contributed by atoms with Crippen molar-refractivity contribution in [2.75, 3.05) is 0 Å². The molecule has 2 fully saturated rings. The molecule has 3 heteroatoms. The van der Waals surface area contributed by atoms with Crippen molar-refractivity contribution >= 4 is 11.6 Å². The fourth-order valence-corrected chi connectivity index (χ4v) is 2.94. The van der Waals surface area contributed by atoms with E-state index in [0.29, 0.717) is 17.0 Å². The summed E-state index contributed by atoms with van der Waals surface area (Å²) in [5.74, 6) is 3.08. The summed E-state index contributed by atoms with van der Waals surface area (Å²) in [6.07, 6.45) is 7.61. The standard InChI is InChI=1S/C14H19ClN2/c1-9-2-4-11(5-3-9)14-16-12(10-6-7-10)8-13(15)17-14/h8-11H,2-7H2,1H3. The summed E-state index contributed by atoms with van der Waals surface area (Å²) in [5.41, 5.74) is 1.18. The summed E-state index contributed by atoms with van der Waals surface area (Å²) in [5, 5.41) is 0.635. The highest BCUT2D eigenvalue weighted by Crippen LogP contribution is 2.41. The average Bonchev–Trinajstić information content (AvgIpc) is 3.13. The molecule has 2 nitrogen and oxygen atoms in total. The molecule has 0 atom stereocenters. The number of rotatable bonds is 2. The summed E-state index contributed by atoms with van der Waals surface area (Å²) in [4.78, 5) is 9.20. The van der Waals surface area contributed by atoms with Gasteiger partial charge >= 0.3 is 0 Å². The monoisotopic (exact) mass is 250 g/mol. The van der Waals surface area contributed by atoms with E-state index in [4.69, 9.17) is 16.6 Å². The van der Waals surface area contributed by atoms with Crippen molar-refractivity contribution in [3.05, 3.63) is 22.7 Å². The van der Waals surface area contributed by atoms with Crippen LogP contribution in [-0.2, 0) is 0 Å². The van der Waals surface area contributed by atoms with Crippen molar-refractivity contribution in [3.63, 3.8) is 0 Å². The molecule has 0 amide bonds. The molecule has 0 unspecified atom stereocenters. The van der Waals surface area contributed by atoms with Crippen LogP contribution in [0.25, 0.3) is 0 Å². The van der Waals surface area contributed by atoms with Gasteiger partial charge in [-0.05, 0) is 37.7 Å². The molecule has 1 heterocycles. The summed E-state index contributed by atoms with van der Waals surface area (Å²) < 4.78 is 0. The fourth-order valence-electron chi connectivity index (χ4n) is 2.74. The molecule has 3 rings (SSSR count). The Kier molecular flexibility index (Phi) is 3.08. The van der Waals surface area contributed by atoms with Crippen LogP contribution in [0.4, 0.5) is 0 Å². The molecule has 0 saturated heterocycles. The maximum atomic E-state index is 6.12. The minimum absolute atomic E-state index is 0.544. The Hall–Kier alpha value is -0.630. The summed E-state index contributed by atoms with van der Waals surface area (Å²) in [7, 11) is 0. The van der Waals surface area contributed by atoms with Crippen LogP contribution in [0.15, 0.2) is 6.07 Å². The lowest BCUT2D eigenvalue weighted by Gasteiger charge is -2.25. The zero-order valence-corrected chi connectivity index (χ0v) is 11.1. The van der Waals surface area contributed by atoms with Crippen LogP contribution in [0.3, 0.4) is 0 Å². The quantitative estimate of drug-likeness (QED) is 0.732. The molecule has 2 aliphatic rings. The smallest absolute Gasteiger partial charge is 0.133 e. The lowest BCUT2D eigenvalue weighted by molar-refractivity contribution is 0.339. The van der Waals surface area contributed by atoms with Crippen molar-refractivity contribution in [1.82, 2.24) is 9.97 Å². The van der Waals surface area contributed by atoms with Crippen molar-refractivity contribution in [2.45, 2.75) is 57.3 Å². The van der Waals surface area contributed by atoms with E-state index >= 15 is 0 Å². The maximum absolute atomic E-state index is 6.12. The molecule has 17 heavy (non-hydrogen) atoms. The number of nitrogens with zero attached hydrogens (tertiary/aromatic N) is 2. The third kappa shape index (κ3) is 2.62. The number of hydrogen-bond acceptors (Lipinski definition) is 2.